The van der Waals surface area contributed by atoms with Crippen LogP contribution in [0.25, 0.3) is 0 Å². The number of hydrogen-bond acceptors (Lipinski definition) is 3. The van der Waals surface area contributed by atoms with Crippen LogP contribution in [0.3, 0.4) is 0 Å². The SMILES string of the molecule is CC(C)OC(=O)C1(C)CCCOC1. The van der Waals surface area contributed by atoms with Gasteiger partial charge in [-0.1, -0.05) is 0 Å². The van der Waals surface area contributed by atoms with Crippen molar-refractivity contribution in [3.05, 3.63) is 0 Å². The van der Waals surface area contributed by atoms with E-state index >= 15 is 0 Å². The molecule has 0 aromatic rings. The van der Waals surface area contributed by atoms with Gasteiger partial charge in [0.25, 0.3) is 0 Å². The van der Waals surface area contributed by atoms with Crippen LogP contribution in [0.1, 0.15) is 33.6 Å². The maximum absolute atomic E-state index is 11.6. The monoisotopic (exact) mass is 186 g/mol. The Labute approximate surface area is 79.4 Å². The summed E-state index contributed by atoms with van der Waals surface area (Å²) in [5.41, 5.74) is -0.414. The lowest BCUT2D eigenvalue weighted by Gasteiger charge is -2.31. The van der Waals surface area contributed by atoms with Crippen LogP contribution >= 0.6 is 0 Å². The number of hydrogen-bond donors (Lipinski definition) is 0. The molecule has 0 spiro atoms. The predicted octanol–water partition coefficient (Wildman–Crippen LogP) is 1.75. The lowest BCUT2D eigenvalue weighted by molar-refractivity contribution is -0.166. The molecule has 0 saturated carbocycles. The Balaban J connectivity index is 2.51. The van der Waals surface area contributed by atoms with Gasteiger partial charge < -0.3 is 9.47 Å². The molecule has 0 amide bonds. The molecule has 3 heteroatoms. The molecule has 1 unspecified atom stereocenters. The third kappa shape index (κ3) is 2.69. The van der Waals surface area contributed by atoms with Crippen LogP contribution in [-0.4, -0.2) is 25.3 Å². The van der Waals surface area contributed by atoms with Gasteiger partial charge in [-0.15, -0.1) is 0 Å². The largest absolute Gasteiger partial charge is 0.462 e. The smallest absolute Gasteiger partial charge is 0.314 e. The molecule has 13 heavy (non-hydrogen) atoms. The Morgan fingerprint density at radius 1 is 1.54 bits per heavy atom. The summed E-state index contributed by atoms with van der Waals surface area (Å²) < 4.78 is 10.5. The molecule has 1 aliphatic heterocycles. The van der Waals surface area contributed by atoms with Crippen LogP contribution < -0.4 is 0 Å². The Bertz CT molecular complexity index is 181. The third-order valence-corrected chi connectivity index (χ3v) is 2.27. The van der Waals surface area contributed by atoms with Crippen LogP contribution in [0.4, 0.5) is 0 Å². The molecule has 1 aliphatic rings. The topological polar surface area (TPSA) is 35.5 Å². The third-order valence-electron chi connectivity index (χ3n) is 2.27. The second kappa shape index (κ2) is 4.09. The summed E-state index contributed by atoms with van der Waals surface area (Å²) in [6.45, 7) is 6.91. The second-order valence-corrected chi connectivity index (χ2v) is 4.17. The molecule has 3 nitrogen and oxygen atoms in total. The van der Waals surface area contributed by atoms with Gasteiger partial charge in [-0.2, -0.15) is 0 Å². The summed E-state index contributed by atoms with van der Waals surface area (Å²) in [5.74, 6) is -0.123. The van der Waals surface area contributed by atoms with Gasteiger partial charge >= 0.3 is 5.97 Å². The maximum Gasteiger partial charge on any atom is 0.314 e. The van der Waals surface area contributed by atoms with E-state index in [-0.39, 0.29) is 12.1 Å². The fourth-order valence-electron chi connectivity index (χ4n) is 1.45. The Hall–Kier alpha value is -0.570. The molecule has 1 heterocycles. The zero-order chi connectivity index (χ0) is 9.90. The minimum atomic E-state index is -0.414. The first-order chi connectivity index (χ1) is 6.04. The molecule has 1 atom stereocenters. The van der Waals surface area contributed by atoms with Crippen molar-refractivity contribution in [2.45, 2.75) is 39.7 Å². The van der Waals surface area contributed by atoms with Gasteiger partial charge in [-0.3, -0.25) is 4.79 Å². The normalized spacial score (nSPS) is 28.9. The van der Waals surface area contributed by atoms with Gasteiger partial charge in [-0.25, -0.2) is 0 Å². The van der Waals surface area contributed by atoms with E-state index in [0.717, 1.165) is 19.4 Å². The number of rotatable bonds is 2. The number of esters is 1. The fourth-order valence-corrected chi connectivity index (χ4v) is 1.45. The first-order valence-electron chi connectivity index (χ1n) is 4.83. The molecule has 1 fully saturated rings. The predicted molar refractivity (Wildman–Crippen MR) is 49.4 cm³/mol. The van der Waals surface area contributed by atoms with Crippen LogP contribution in [0.15, 0.2) is 0 Å². The second-order valence-electron chi connectivity index (χ2n) is 4.17. The van der Waals surface area contributed by atoms with Crippen molar-refractivity contribution in [2.24, 2.45) is 5.41 Å². The number of carbonyl (C=O) groups excluding carboxylic acids is 1. The van der Waals surface area contributed by atoms with E-state index in [2.05, 4.69) is 0 Å². The zero-order valence-electron chi connectivity index (χ0n) is 8.63. The van der Waals surface area contributed by atoms with Crippen molar-refractivity contribution < 1.29 is 14.3 Å². The molecule has 76 valence electrons. The number of ether oxygens (including phenoxy) is 2. The average Bonchev–Trinajstić information content (AvgIpc) is 2.04. The summed E-state index contributed by atoms with van der Waals surface area (Å²) in [7, 11) is 0. The standard InChI is InChI=1S/C10H18O3/c1-8(2)13-9(11)10(3)5-4-6-12-7-10/h8H,4-7H2,1-3H3. The Morgan fingerprint density at radius 3 is 2.69 bits per heavy atom. The molecule has 0 aromatic carbocycles. The van der Waals surface area contributed by atoms with Gasteiger partial charge in [0.2, 0.25) is 0 Å². The molecule has 0 bridgehead atoms. The van der Waals surface area contributed by atoms with E-state index in [1.165, 1.54) is 0 Å². The minimum Gasteiger partial charge on any atom is -0.462 e. The molecule has 0 aliphatic carbocycles. The minimum absolute atomic E-state index is 0.0359. The zero-order valence-corrected chi connectivity index (χ0v) is 8.63. The van der Waals surface area contributed by atoms with Gasteiger partial charge in [0.1, 0.15) is 0 Å². The molecule has 0 radical (unpaired) electrons. The highest BCUT2D eigenvalue weighted by Gasteiger charge is 2.37. The fraction of sp³-hybridized carbons (Fsp3) is 0.900. The molecule has 1 rings (SSSR count). The van der Waals surface area contributed by atoms with E-state index in [9.17, 15) is 4.79 Å². The summed E-state index contributed by atoms with van der Waals surface area (Å²) in [6, 6.07) is 0. The van der Waals surface area contributed by atoms with E-state index in [1.54, 1.807) is 0 Å². The molecule has 0 aromatic heterocycles. The Morgan fingerprint density at radius 2 is 2.23 bits per heavy atom. The lowest BCUT2D eigenvalue weighted by Crippen LogP contribution is -2.39. The molecule has 1 saturated heterocycles. The van der Waals surface area contributed by atoms with Crippen molar-refractivity contribution >= 4 is 5.97 Å². The van der Waals surface area contributed by atoms with E-state index in [1.807, 2.05) is 20.8 Å². The van der Waals surface area contributed by atoms with E-state index in [0.29, 0.717) is 6.61 Å². The maximum atomic E-state index is 11.6. The molecule has 0 N–H and O–H groups in total. The first kappa shape index (κ1) is 10.5. The highest BCUT2D eigenvalue weighted by molar-refractivity contribution is 5.76. The summed E-state index contributed by atoms with van der Waals surface area (Å²) in [5, 5.41) is 0. The van der Waals surface area contributed by atoms with Crippen LogP contribution in [-0.2, 0) is 14.3 Å². The summed E-state index contributed by atoms with van der Waals surface area (Å²) in [4.78, 5) is 11.6. The summed E-state index contributed by atoms with van der Waals surface area (Å²) >= 11 is 0. The van der Waals surface area contributed by atoms with E-state index in [4.69, 9.17) is 9.47 Å². The average molecular weight is 186 g/mol. The summed E-state index contributed by atoms with van der Waals surface area (Å²) in [6.07, 6.45) is 1.79. The van der Waals surface area contributed by atoms with Gasteiger partial charge in [0.15, 0.2) is 0 Å². The quantitative estimate of drug-likeness (QED) is 0.616. The van der Waals surface area contributed by atoms with Gasteiger partial charge in [0.05, 0.1) is 18.1 Å². The van der Waals surface area contributed by atoms with Crippen LogP contribution in [0, 0.1) is 5.41 Å². The van der Waals surface area contributed by atoms with Crippen molar-refractivity contribution in [3.63, 3.8) is 0 Å². The van der Waals surface area contributed by atoms with Crippen molar-refractivity contribution in [1.29, 1.82) is 0 Å². The molecular formula is C10H18O3. The van der Waals surface area contributed by atoms with Crippen molar-refractivity contribution in [2.75, 3.05) is 13.2 Å². The molecular weight excluding hydrogens is 168 g/mol. The number of carbonyl (C=O) groups is 1. The first-order valence-corrected chi connectivity index (χ1v) is 4.83. The van der Waals surface area contributed by atoms with E-state index < -0.39 is 5.41 Å². The Kier molecular flexibility index (Phi) is 3.31. The van der Waals surface area contributed by atoms with Crippen LogP contribution in [0.2, 0.25) is 0 Å². The highest BCUT2D eigenvalue weighted by Crippen LogP contribution is 2.29. The van der Waals surface area contributed by atoms with Crippen molar-refractivity contribution in [1.82, 2.24) is 0 Å². The lowest BCUT2D eigenvalue weighted by atomic mass is 9.85. The van der Waals surface area contributed by atoms with Gasteiger partial charge in [-0.05, 0) is 33.6 Å². The highest BCUT2D eigenvalue weighted by atomic mass is 16.5. The van der Waals surface area contributed by atoms with Crippen molar-refractivity contribution in [3.8, 4) is 0 Å². The van der Waals surface area contributed by atoms with Gasteiger partial charge in [0, 0.05) is 6.61 Å². The van der Waals surface area contributed by atoms with Crippen LogP contribution in [0.5, 0.6) is 0 Å².